The van der Waals surface area contributed by atoms with Gasteiger partial charge in [-0.15, -0.1) is 0 Å². The Balaban J connectivity index is 1.44. The van der Waals surface area contributed by atoms with Crippen LogP contribution in [-0.4, -0.2) is 37.2 Å². The van der Waals surface area contributed by atoms with E-state index >= 15 is 0 Å². The molecule has 250 valence electrons. The Morgan fingerprint density at radius 1 is 0.816 bits per heavy atom. The third kappa shape index (κ3) is 7.36. The van der Waals surface area contributed by atoms with Crippen molar-refractivity contribution >= 4 is 38.5 Å². The molecule has 2 N–H and O–H groups in total. The maximum Gasteiger partial charge on any atom is 0.335 e. The summed E-state index contributed by atoms with van der Waals surface area (Å²) in [5.41, 5.74) is 4.58. The Morgan fingerprint density at radius 3 is 2.02 bits per heavy atom. The molecular formula is C38H31ClF2N2O5S. The zero-order valence-corrected chi connectivity index (χ0v) is 27.6. The number of hydrogen-bond donors (Lipinski definition) is 2. The highest BCUT2D eigenvalue weighted by atomic mass is 35.5. The minimum atomic E-state index is -4.54. The Morgan fingerprint density at radius 2 is 1.43 bits per heavy atom. The van der Waals surface area contributed by atoms with Gasteiger partial charge in [0.1, 0.15) is 17.4 Å². The van der Waals surface area contributed by atoms with Crippen molar-refractivity contribution in [3.05, 3.63) is 166 Å². The number of nitrogens with zero attached hydrogens (tertiary/aromatic N) is 1. The second kappa shape index (κ2) is 14.6. The summed E-state index contributed by atoms with van der Waals surface area (Å²) in [5, 5.41) is 10.6. The number of ether oxygens (including phenoxy) is 1. The van der Waals surface area contributed by atoms with E-state index in [2.05, 4.69) is 9.29 Å². The van der Waals surface area contributed by atoms with Gasteiger partial charge in [-0.05, 0) is 71.3 Å². The summed E-state index contributed by atoms with van der Waals surface area (Å²) in [7, 11) is -4.54. The van der Waals surface area contributed by atoms with Crippen LogP contribution in [0.2, 0.25) is 5.02 Å². The summed E-state index contributed by atoms with van der Waals surface area (Å²) in [5.74, 6) is -2.92. The summed E-state index contributed by atoms with van der Waals surface area (Å²) in [6.45, 7) is 0.0412. The fourth-order valence-corrected chi connectivity index (χ4v) is 7.43. The average Bonchev–Trinajstić information content (AvgIpc) is 3.37. The molecule has 0 aliphatic rings. The molecule has 6 rings (SSSR count). The molecule has 1 heterocycles. The van der Waals surface area contributed by atoms with Crippen molar-refractivity contribution < 1.29 is 31.8 Å². The second-order valence-corrected chi connectivity index (χ2v) is 13.4. The summed E-state index contributed by atoms with van der Waals surface area (Å²) >= 11 is 6.55. The molecule has 5 aromatic carbocycles. The third-order valence-corrected chi connectivity index (χ3v) is 9.98. The molecule has 0 saturated heterocycles. The molecule has 0 atom stereocenters. The first-order valence-electron chi connectivity index (χ1n) is 15.4. The lowest BCUT2D eigenvalue weighted by Crippen LogP contribution is -2.29. The fourth-order valence-electron chi connectivity index (χ4n) is 6.09. The second-order valence-electron chi connectivity index (χ2n) is 11.3. The van der Waals surface area contributed by atoms with Gasteiger partial charge >= 0.3 is 5.97 Å². The number of sulfonamides is 1. The molecule has 0 bridgehead atoms. The van der Waals surface area contributed by atoms with Crippen LogP contribution in [0.5, 0.6) is 5.75 Å². The largest absolute Gasteiger partial charge is 0.493 e. The zero-order chi connectivity index (χ0) is 34.5. The van der Waals surface area contributed by atoms with E-state index in [1.165, 1.54) is 12.1 Å². The monoisotopic (exact) mass is 700 g/mol. The van der Waals surface area contributed by atoms with E-state index in [0.29, 0.717) is 17.2 Å². The highest BCUT2D eigenvalue weighted by Gasteiger charge is 2.27. The van der Waals surface area contributed by atoms with Crippen LogP contribution in [0.1, 0.15) is 38.8 Å². The van der Waals surface area contributed by atoms with Crippen molar-refractivity contribution in [2.45, 2.75) is 23.8 Å². The van der Waals surface area contributed by atoms with Gasteiger partial charge in [0.15, 0.2) is 4.90 Å². The van der Waals surface area contributed by atoms with Crippen LogP contribution in [0.3, 0.4) is 0 Å². The molecule has 49 heavy (non-hydrogen) atoms. The highest BCUT2D eigenvalue weighted by Crippen LogP contribution is 2.38. The van der Waals surface area contributed by atoms with E-state index in [0.717, 1.165) is 51.5 Å². The first kappa shape index (κ1) is 33.9. The van der Waals surface area contributed by atoms with Gasteiger partial charge in [0.05, 0.1) is 18.2 Å². The van der Waals surface area contributed by atoms with Gasteiger partial charge in [0.25, 0.3) is 0 Å². The first-order valence-corrected chi connectivity index (χ1v) is 17.3. The Labute approximate surface area is 287 Å². The number of carboxylic acids is 1. The predicted octanol–water partition coefficient (Wildman–Crippen LogP) is 8.05. The molecule has 11 heteroatoms. The Kier molecular flexibility index (Phi) is 10.1. The number of aromatic nitrogens is 1. The van der Waals surface area contributed by atoms with Crippen LogP contribution in [0.25, 0.3) is 10.9 Å². The smallest absolute Gasteiger partial charge is 0.335 e. The van der Waals surface area contributed by atoms with Gasteiger partial charge in [-0.1, -0.05) is 78.3 Å². The fraction of sp³-hybridized carbons (Fsp3) is 0.132. The number of rotatable bonds is 13. The number of nitrogens with one attached hydrogen (secondary N) is 1. The number of halogens is 3. The van der Waals surface area contributed by atoms with E-state index < -0.39 is 32.5 Å². The van der Waals surface area contributed by atoms with Crippen LogP contribution in [0.4, 0.5) is 8.78 Å². The predicted molar refractivity (Wildman–Crippen MR) is 185 cm³/mol. The topological polar surface area (TPSA) is 97.6 Å². The normalized spacial score (nSPS) is 11.7. The van der Waals surface area contributed by atoms with E-state index in [-0.39, 0.29) is 31.2 Å². The van der Waals surface area contributed by atoms with E-state index in [4.69, 9.17) is 16.3 Å². The maximum absolute atomic E-state index is 14.5. The molecular weight excluding hydrogens is 670 g/mol. The number of carboxylic acid groups (broad SMARTS) is 1. The van der Waals surface area contributed by atoms with Crippen molar-refractivity contribution in [1.82, 2.24) is 9.29 Å². The van der Waals surface area contributed by atoms with Gasteiger partial charge in [-0.25, -0.2) is 26.7 Å². The van der Waals surface area contributed by atoms with Gasteiger partial charge in [0, 0.05) is 41.0 Å². The lowest BCUT2D eigenvalue weighted by atomic mass is 9.97. The SMILES string of the molecule is O=C(O)c1ccc(OCCc2c(CCNS(=O)(=O)c3c(F)cccc3F)n(C(c3ccccc3)c3ccccc3)c3ccc(Cl)cc23)cc1. The molecule has 0 amide bonds. The maximum atomic E-state index is 14.5. The standard InChI is InChI=1S/C38H31ClF2N2O5S/c39-28-16-19-34-31(24-28)30(21-23-48-29-17-14-27(15-18-29)38(44)45)35(20-22-42-49(46,47)37-32(40)12-7-13-33(37)41)43(34)36(25-8-3-1-4-9-25)26-10-5-2-6-11-26/h1-19,24,36,42H,20-23H2,(H,44,45). The Hall–Kier alpha value is -5.03. The number of fused-ring (bicyclic) bond motifs is 1. The van der Waals surface area contributed by atoms with Crippen LogP contribution in [-0.2, 0) is 22.9 Å². The summed E-state index contributed by atoms with van der Waals surface area (Å²) < 4.78 is 65.9. The lowest BCUT2D eigenvalue weighted by molar-refractivity contribution is 0.0696. The van der Waals surface area contributed by atoms with Gasteiger partial charge in [0.2, 0.25) is 10.0 Å². The van der Waals surface area contributed by atoms with Crippen LogP contribution in [0.15, 0.2) is 126 Å². The molecule has 0 radical (unpaired) electrons. The summed E-state index contributed by atoms with van der Waals surface area (Å²) in [6.07, 6.45) is 0.533. The molecule has 0 unspecified atom stereocenters. The molecule has 6 aromatic rings. The van der Waals surface area contributed by atoms with Crippen LogP contribution < -0.4 is 9.46 Å². The van der Waals surface area contributed by atoms with Crippen LogP contribution in [0, 0.1) is 11.6 Å². The molecule has 0 aliphatic heterocycles. The van der Waals surface area contributed by atoms with E-state index in [1.54, 1.807) is 18.2 Å². The highest BCUT2D eigenvalue weighted by molar-refractivity contribution is 7.89. The van der Waals surface area contributed by atoms with Gasteiger partial charge in [-0.3, -0.25) is 0 Å². The van der Waals surface area contributed by atoms with Gasteiger partial charge < -0.3 is 14.4 Å². The minimum Gasteiger partial charge on any atom is -0.493 e. The van der Waals surface area contributed by atoms with Crippen molar-refractivity contribution in [2.24, 2.45) is 0 Å². The number of benzene rings is 5. The molecule has 1 aromatic heterocycles. The van der Waals surface area contributed by atoms with Crippen molar-refractivity contribution in [3.8, 4) is 5.75 Å². The zero-order valence-electron chi connectivity index (χ0n) is 26.0. The minimum absolute atomic E-state index is 0.137. The number of carbonyl (C=O) groups is 1. The molecule has 0 spiro atoms. The number of aromatic carboxylic acids is 1. The quantitative estimate of drug-likeness (QED) is 0.127. The molecule has 0 aliphatic carbocycles. The van der Waals surface area contributed by atoms with Gasteiger partial charge in [-0.2, -0.15) is 0 Å². The summed E-state index contributed by atoms with van der Waals surface area (Å²) in [4.78, 5) is 10.3. The van der Waals surface area contributed by atoms with E-state index in [9.17, 15) is 27.1 Å². The van der Waals surface area contributed by atoms with Crippen molar-refractivity contribution in [2.75, 3.05) is 13.2 Å². The third-order valence-electron chi connectivity index (χ3n) is 8.23. The first-order chi connectivity index (χ1) is 23.6. The molecule has 0 fully saturated rings. The average molecular weight is 701 g/mol. The van der Waals surface area contributed by atoms with Crippen molar-refractivity contribution in [3.63, 3.8) is 0 Å². The lowest BCUT2D eigenvalue weighted by Gasteiger charge is -2.25. The van der Waals surface area contributed by atoms with Crippen LogP contribution >= 0.6 is 11.6 Å². The Bertz CT molecular complexity index is 2150. The van der Waals surface area contributed by atoms with E-state index in [1.807, 2.05) is 72.8 Å². The summed E-state index contributed by atoms with van der Waals surface area (Å²) in [6, 6.07) is 34.0. The molecule has 0 saturated carbocycles. The number of hydrogen-bond acceptors (Lipinski definition) is 4. The van der Waals surface area contributed by atoms with Crippen molar-refractivity contribution in [1.29, 1.82) is 0 Å². The molecule has 7 nitrogen and oxygen atoms in total.